The Morgan fingerprint density at radius 3 is 3.06 bits per heavy atom. The highest BCUT2D eigenvalue weighted by atomic mass is 79.9. The Balaban J connectivity index is 1.79. The van der Waals surface area contributed by atoms with Gasteiger partial charge < -0.3 is 10.6 Å². The zero-order chi connectivity index (χ0) is 12.1. The second-order valence-corrected chi connectivity index (χ2v) is 5.74. The quantitative estimate of drug-likeness (QED) is 0.885. The lowest BCUT2D eigenvalue weighted by atomic mass is 10.0. The van der Waals surface area contributed by atoms with Crippen LogP contribution in [0.3, 0.4) is 0 Å². The third-order valence-corrected chi connectivity index (χ3v) is 3.91. The highest BCUT2D eigenvalue weighted by Crippen LogP contribution is 2.20. The third kappa shape index (κ3) is 4.00. The number of aryl methyl sites for hydroxylation is 1. The van der Waals surface area contributed by atoms with Crippen molar-refractivity contribution in [3.8, 4) is 0 Å². The lowest BCUT2D eigenvalue weighted by Crippen LogP contribution is -2.35. The van der Waals surface area contributed by atoms with Crippen molar-refractivity contribution in [1.82, 2.24) is 5.32 Å². The van der Waals surface area contributed by atoms with E-state index in [9.17, 15) is 0 Å². The van der Waals surface area contributed by atoms with E-state index in [1.54, 1.807) is 0 Å². The van der Waals surface area contributed by atoms with E-state index in [1.807, 2.05) is 0 Å². The maximum Gasteiger partial charge on any atom is 0.0381 e. The van der Waals surface area contributed by atoms with Crippen molar-refractivity contribution in [1.29, 1.82) is 0 Å². The fourth-order valence-corrected chi connectivity index (χ4v) is 2.70. The van der Waals surface area contributed by atoms with E-state index in [2.05, 4.69) is 51.7 Å². The van der Waals surface area contributed by atoms with Gasteiger partial charge in [-0.3, -0.25) is 0 Å². The van der Waals surface area contributed by atoms with Crippen LogP contribution in [0.25, 0.3) is 0 Å². The van der Waals surface area contributed by atoms with Gasteiger partial charge in [-0.1, -0.05) is 28.4 Å². The highest BCUT2D eigenvalue weighted by Gasteiger charge is 2.11. The van der Waals surface area contributed by atoms with Crippen LogP contribution in [-0.4, -0.2) is 19.1 Å². The van der Waals surface area contributed by atoms with Crippen LogP contribution in [-0.2, 0) is 0 Å². The largest absolute Gasteiger partial charge is 0.385 e. The number of piperidine rings is 1. The van der Waals surface area contributed by atoms with Crippen LogP contribution in [0.15, 0.2) is 22.7 Å². The molecule has 0 spiro atoms. The molecule has 2 N–H and O–H groups in total. The van der Waals surface area contributed by atoms with Gasteiger partial charge in [0.15, 0.2) is 0 Å². The fourth-order valence-electron chi connectivity index (χ4n) is 2.34. The fraction of sp³-hybridized carbons (Fsp3) is 0.571. The van der Waals surface area contributed by atoms with Gasteiger partial charge in [-0.25, -0.2) is 0 Å². The summed E-state index contributed by atoms with van der Waals surface area (Å²) in [7, 11) is 0. The van der Waals surface area contributed by atoms with E-state index >= 15 is 0 Å². The molecule has 94 valence electrons. The zero-order valence-electron chi connectivity index (χ0n) is 10.4. The van der Waals surface area contributed by atoms with Gasteiger partial charge in [0.25, 0.3) is 0 Å². The summed E-state index contributed by atoms with van der Waals surface area (Å²) in [6, 6.07) is 7.10. The molecule has 0 amide bonds. The zero-order valence-corrected chi connectivity index (χ0v) is 12.0. The molecular formula is C14H21BrN2. The van der Waals surface area contributed by atoms with Gasteiger partial charge in [0, 0.05) is 22.7 Å². The van der Waals surface area contributed by atoms with E-state index in [4.69, 9.17) is 0 Å². The van der Waals surface area contributed by atoms with Crippen molar-refractivity contribution in [3.63, 3.8) is 0 Å². The number of halogens is 1. The normalized spacial score (nSPS) is 20.2. The molecule has 1 aromatic rings. The lowest BCUT2D eigenvalue weighted by Gasteiger charge is -2.23. The summed E-state index contributed by atoms with van der Waals surface area (Å²) in [6.45, 7) is 4.39. The topological polar surface area (TPSA) is 24.1 Å². The SMILES string of the molecule is Cc1ccc(Br)cc1NCCC1CCCCN1. The van der Waals surface area contributed by atoms with Crippen LogP contribution in [0, 0.1) is 6.92 Å². The Kier molecular flexibility index (Phi) is 4.86. The molecule has 0 saturated carbocycles. The maximum absolute atomic E-state index is 3.58. The molecule has 1 aliphatic rings. The number of rotatable bonds is 4. The second kappa shape index (κ2) is 6.41. The highest BCUT2D eigenvalue weighted by molar-refractivity contribution is 9.10. The lowest BCUT2D eigenvalue weighted by molar-refractivity contribution is 0.389. The Morgan fingerprint density at radius 2 is 2.29 bits per heavy atom. The van der Waals surface area contributed by atoms with Gasteiger partial charge >= 0.3 is 0 Å². The monoisotopic (exact) mass is 296 g/mol. The Hall–Kier alpha value is -0.540. The number of benzene rings is 1. The molecule has 1 atom stereocenters. The Morgan fingerprint density at radius 1 is 1.41 bits per heavy atom. The molecule has 2 nitrogen and oxygen atoms in total. The molecule has 0 aliphatic carbocycles. The molecule has 0 bridgehead atoms. The first-order chi connectivity index (χ1) is 8.25. The van der Waals surface area contributed by atoms with Crippen molar-refractivity contribution in [2.75, 3.05) is 18.4 Å². The number of hydrogen-bond acceptors (Lipinski definition) is 2. The molecule has 2 rings (SSSR count). The standard InChI is InChI=1S/C14H21BrN2/c1-11-5-6-12(15)10-14(11)17-9-7-13-4-2-3-8-16-13/h5-6,10,13,16-17H,2-4,7-9H2,1H3. The molecule has 1 aliphatic heterocycles. The van der Waals surface area contributed by atoms with Crippen LogP contribution in [0.2, 0.25) is 0 Å². The Labute approximate surface area is 112 Å². The summed E-state index contributed by atoms with van der Waals surface area (Å²) in [5, 5.41) is 7.11. The summed E-state index contributed by atoms with van der Waals surface area (Å²) in [5.74, 6) is 0. The van der Waals surface area contributed by atoms with E-state index in [0.29, 0.717) is 6.04 Å². The molecule has 0 radical (unpaired) electrons. The minimum atomic E-state index is 0.712. The van der Waals surface area contributed by atoms with Gasteiger partial charge in [-0.2, -0.15) is 0 Å². The summed E-state index contributed by atoms with van der Waals surface area (Å²) >= 11 is 3.51. The number of anilines is 1. The van der Waals surface area contributed by atoms with Crippen molar-refractivity contribution >= 4 is 21.6 Å². The number of nitrogens with one attached hydrogen (secondary N) is 2. The summed E-state index contributed by atoms with van der Waals surface area (Å²) in [5.41, 5.74) is 2.56. The molecule has 1 aromatic carbocycles. The van der Waals surface area contributed by atoms with E-state index < -0.39 is 0 Å². The van der Waals surface area contributed by atoms with Crippen LogP contribution in [0.4, 0.5) is 5.69 Å². The van der Waals surface area contributed by atoms with Crippen molar-refractivity contribution < 1.29 is 0 Å². The third-order valence-electron chi connectivity index (χ3n) is 3.42. The average Bonchev–Trinajstić information content (AvgIpc) is 2.35. The predicted molar refractivity (Wildman–Crippen MR) is 77.6 cm³/mol. The van der Waals surface area contributed by atoms with Gasteiger partial charge in [-0.05, 0) is 50.4 Å². The first-order valence-corrected chi connectivity index (χ1v) is 7.28. The number of hydrogen-bond donors (Lipinski definition) is 2. The molecule has 17 heavy (non-hydrogen) atoms. The smallest absolute Gasteiger partial charge is 0.0381 e. The molecule has 1 unspecified atom stereocenters. The second-order valence-electron chi connectivity index (χ2n) is 4.82. The van der Waals surface area contributed by atoms with Crippen LogP contribution in [0.5, 0.6) is 0 Å². The van der Waals surface area contributed by atoms with Gasteiger partial charge in [0.1, 0.15) is 0 Å². The van der Waals surface area contributed by atoms with Crippen molar-refractivity contribution in [3.05, 3.63) is 28.2 Å². The van der Waals surface area contributed by atoms with Gasteiger partial charge in [0.2, 0.25) is 0 Å². The first kappa shape index (κ1) is 12.9. The van der Waals surface area contributed by atoms with Crippen LogP contribution < -0.4 is 10.6 Å². The van der Waals surface area contributed by atoms with E-state index in [1.165, 1.54) is 43.5 Å². The first-order valence-electron chi connectivity index (χ1n) is 6.49. The van der Waals surface area contributed by atoms with Crippen LogP contribution in [0.1, 0.15) is 31.2 Å². The summed E-state index contributed by atoms with van der Waals surface area (Å²) in [4.78, 5) is 0. The maximum atomic E-state index is 3.58. The van der Waals surface area contributed by atoms with Gasteiger partial charge in [0.05, 0.1) is 0 Å². The summed E-state index contributed by atoms with van der Waals surface area (Å²) in [6.07, 6.45) is 5.27. The molecule has 0 aromatic heterocycles. The van der Waals surface area contributed by atoms with E-state index in [0.717, 1.165) is 11.0 Å². The molecule has 1 fully saturated rings. The summed E-state index contributed by atoms with van der Waals surface area (Å²) < 4.78 is 1.14. The molecular weight excluding hydrogens is 276 g/mol. The Bertz CT molecular complexity index is 359. The van der Waals surface area contributed by atoms with Gasteiger partial charge in [-0.15, -0.1) is 0 Å². The molecule has 1 heterocycles. The van der Waals surface area contributed by atoms with Crippen LogP contribution >= 0.6 is 15.9 Å². The predicted octanol–water partition coefficient (Wildman–Crippen LogP) is 3.70. The van der Waals surface area contributed by atoms with Crippen molar-refractivity contribution in [2.45, 2.75) is 38.6 Å². The average molecular weight is 297 g/mol. The molecule has 1 saturated heterocycles. The van der Waals surface area contributed by atoms with Crippen molar-refractivity contribution in [2.24, 2.45) is 0 Å². The minimum absolute atomic E-state index is 0.712. The minimum Gasteiger partial charge on any atom is -0.385 e. The van der Waals surface area contributed by atoms with E-state index in [-0.39, 0.29) is 0 Å². The molecule has 3 heteroatoms.